The van der Waals surface area contributed by atoms with Crippen LogP contribution in [-0.4, -0.2) is 25.8 Å². The molecule has 102 valence electrons. The van der Waals surface area contributed by atoms with Crippen molar-refractivity contribution in [3.8, 4) is 11.5 Å². The number of phenolic OH excluding ortho intramolecular Hbond substituents is 2. The molecule has 0 aliphatic heterocycles. The number of hydrogen-bond acceptors (Lipinski definition) is 4. The van der Waals surface area contributed by atoms with Crippen LogP contribution in [-0.2, 0) is 6.54 Å². The molecule has 1 heterocycles. The van der Waals surface area contributed by atoms with Crippen LogP contribution in [0, 0.1) is 0 Å². The molecule has 1 aromatic carbocycles. The Kier molecular flexibility index (Phi) is 4.06. The third-order valence-corrected chi connectivity index (χ3v) is 3.06. The first-order chi connectivity index (χ1) is 9.06. The Morgan fingerprint density at radius 3 is 2.79 bits per heavy atom. The molecular weight excluding hydrogens is 242 g/mol. The van der Waals surface area contributed by atoms with Gasteiger partial charge in [-0.25, -0.2) is 4.98 Å². The molecule has 2 atom stereocenters. The first-order valence-corrected chi connectivity index (χ1v) is 6.30. The smallest absolute Gasteiger partial charge is 0.120 e. The van der Waals surface area contributed by atoms with Gasteiger partial charge in [0, 0.05) is 36.6 Å². The summed E-state index contributed by atoms with van der Waals surface area (Å²) in [6.45, 7) is 4.82. The van der Waals surface area contributed by atoms with Crippen molar-refractivity contribution in [3.05, 3.63) is 42.5 Å². The second-order valence-electron chi connectivity index (χ2n) is 4.79. The summed E-state index contributed by atoms with van der Waals surface area (Å²) in [6, 6.07) is 4.72. The van der Waals surface area contributed by atoms with Gasteiger partial charge in [0.05, 0.1) is 6.33 Å². The van der Waals surface area contributed by atoms with Gasteiger partial charge in [-0.1, -0.05) is 0 Å². The largest absolute Gasteiger partial charge is 0.508 e. The number of nitrogens with zero attached hydrogens (tertiary/aromatic N) is 2. The Morgan fingerprint density at radius 1 is 1.32 bits per heavy atom. The summed E-state index contributed by atoms with van der Waals surface area (Å²) < 4.78 is 1.99. The van der Waals surface area contributed by atoms with E-state index < -0.39 is 0 Å². The molecule has 19 heavy (non-hydrogen) atoms. The molecule has 2 unspecified atom stereocenters. The van der Waals surface area contributed by atoms with E-state index in [1.807, 2.05) is 17.7 Å². The van der Waals surface area contributed by atoms with Gasteiger partial charge in [-0.15, -0.1) is 0 Å². The summed E-state index contributed by atoms with van der Waals surface area (Å²) in [4.78, 5) is 4.00. The molecule has 3 N–H and O–H groups in total. The number of aromatic hydroxyl groups is 2. The quantitative estimate of drug-likeness (QED) is 0.720. The average molecular weight is 261 g/mol. The van der Waals surface area contributed by atoms with Crippen molar-refractivity contribution in [1.29, 1.82) is 0 Å². The maximum absolute atomic E-state index is 9.81. The summed E-state index contributed by atoms with van der Waals surface area (Å²) in [6.07, 6.45) is 5.43. The lowest BCUT2D eigenvalue weighted by Crippen LogP contribution is -2.32. The van der Waals surface area contributed by atoms with Crippen molar-refractivity contribution in [3.63, 3.8) is 0 Å². The normalized spacial score (nSPS) is 14.2. The van der Waals surface area contributed by atoms with E-state index >= 15 is 0 Å². The van der Waals surface area contributed by atoms with Gasteiger partial charge in [0.1, 0.15) is 11.5 Å². The van der Waals surface area contributed by atoms with Crippen LogP contribution in [0.5, 0.6) is 11.5 Å². The standard InChI is InChI=1S/C14H19N3O2/c1-10(8-17-6-5-15-9-17)16-11(2)13-7-12(18)3-4-14(13)19/h3-7,9-11,16,18-19H,8H2,1-2H3. The Morgan fingerprint density at radius 2 is 2.11 bits per heavy atom. The van der Waals surface area contributed by atoms with Crippen LogP contribution in [0.1, 0.15) is 25.5 Å². The first-order valence-electron chi connectivity index (χ1n) is 6.30. The molecule has 2 rings (SSSR count). The van der Waals surface area contributed by atoms with E-state index in [1.165, 1.54) is 12.1 Å². The molecule has 2 aromatic rings. The van der Waals surface area contributed by atoms with Crippen LogP contribution in [0.2, 0.25) is 0 Å². The van der Waals surface area contributed by atoms with Gasteiger partial charge in [0.15, 0.2) is 0 Å². The second kappa shape index (κ2) is 5.75. The van der Waals surface area contributed by atoms with Crippen molar-refractivity contribution in [1.82, 2.24) is 14.9 Å². The lowest BCUT2D eigenvalue weighted by molar-refractivity contribution is 0.406. The van der Waals surface area contributed by atoms with E-state index in [0.29, 0.717) is 5.56 Å². The first kappa shape index (κ1) is 13.4. The number of rotatable bonds is 5. The fourth-order valence-electron chi connectivity index (χ4n) is 2.17. The predicted octanol–water partition coefficient (Wildman–Crippen LogP) is 2.03. The van der Waals surface area contributed by atoms with E-state index in [2.05, 4.69) is 17.2 Å². The predicted molar refractivity (Wildman–Crippen MR) is 73.0 cm³/mol. The summed E-state index contributed by atoms with van der Waals surface area (Å²) >= 11 is 0. The number of imidazole rings is 1. The third-order valence-electron chi connectivity index (χ3n) is 3.06. The van der Waals surface area contributed by atoms with Crippen LogP contribution in [0.4, 0.5) is 0 Å². The van der Waals surface area contributed by atoms with E-state index in [0.717, 1.165) is 6.54 Å². The SMILES string of the molecule is CC(Cn1ccnc1)NC(C)c1cc(O)ccc1O. The molecule has 0 radical (unpaired) electrons. The van der Waals surface area contributed by atoms with Gasteiger partial charge in [-0.3, -0.25) is 0 Å². The minimum Gasteiger partial charge on any atom is -0.508 e. The van der Waals surface area contributed by atoms with Gasteiger partial charge in [-0.2, -0.15) is 0 Å². The Hall–Kier alpha value is -2.01. The Labute approximate surface area is 112 Å². The summed E-state index contributed by atoms with van der Waals surface area (Å²) in [5.74, 6) is 0.344. The van der Waals surface area contributed by atoms with Gasteiger partial charge >= 0.3 is 0 Å². The monoisotopic (exact) mass is 261 g/mol. The highest BCUT2D eigenvalue weighted by Crippen LogP contribution is 2.27. The zero-order valence-electron chi connectivity index (χ0n) is 11.1. The molecule has 0 aliphatic carbocycles. The molecule has 0 bridgehead atoms. The minimum absolute atomic E-state index is 0.0504. The zero-order chi connectivity index (χ0) is 13.8. The number of hydrogen-bond donors (Lipinski definition) is 3. The van der Waals surface area contributed by atoms with Gasteiger partial charge < -0.3 is 20.1 Å². The second-order valence-corrected chi connectivity index (χ2v) is 4.79. The number of phenols is 2. The van der Waals surface area contributed by atoms with Gasteiger partial charge in [-0.05, 0) is 32.0 Å². The highest BCUT2D eigenvalue weighted by Gasteiger charge is 2.14. The van der Waals surface area contributed by atoms with Crippen molar-refractivity contribution in [2.75, 3.05) is 0 Å². The average Bonchev–Trinajstić information content (AvgIpc) is 2.84. The number of benzene rings is 1. The summed E-state index contributed by atoms with van der Waals surface area (Å²) in [5.41, 5.74) is 0.692. The van der Waals surface area contributed by atoms with Crippen molar-refractivity contribution in [2.24, 2.45) is 0 Å². The van der Waals surface area contributed by atoms with Crippen molar-refractivity contribution >= 4 is 0 Å². The molecule has 5 nitrogen and oxygen atoms in total. The topological polar surface area (TPSA) is 70.3 Å². The van der Waals surface area contributed by atoms with E-state index in [4.69, 9.17) is 0 Å². The van der Waals surface area contributed by atoms with Gasteiger partial charge in [0.2, 0.25) is 0 Å². The minimum atomic E-state index is -0.0504. The highest BCUT2D eigenvalue weighted by molar-refractivity contribution is 5.40. The molecule has 1 aromatic heterocycles. The van der Waals surface area contributed by atoms with Crippen molar-refractivity contribution in [2.45, 2.75) is 32.5 Å². The van der Waals surface area contributed by atoms with E-state index in [-0.39, 0.29) is 23.6 Å². The van der Waals surface area contributed by atoms with E-state index in [1.54, 1.807) is 18.6 Å². The van der Waals surface area contributed by atoms with Crippen LogP contribution in [0.25, 0.3) is 0 Å². The molecule has 0 saturated carbocycles. The Balaban J connectivity index is 2.00. The maximum atomic E-state index is 9.81. The molecule has 0 aliphatic rings. The molecule has 0 amide bonds. The molecule has 5 heteroatoms. The number of aromatic nitrogens is 2. The zero-order valence-corrected chi connectivity index (χ0v) is 11.1. The Bertz CT molecular complexity index is 525. The van der Waals surface area contributed by atoms with Crippen LogP contribution >= 0.6 is 0 Å². The molecule has 0 saturated heterocycles. The van der Waals surface area contributed by atoms with Crippen LogP contribution in [0.15, 0.2) is 36.9 Å². The van der Waals surface area contributed by atoms with E-state index in [9.17, 15) is 10.2 Å². The van der Waals surface area contributed by atoms with Gasteiger partial charge in [0.25, 0.3) is 0 Å². The fourth-order valence-corrected chi connectivity index (χ4v) is 2.17. The number of nitrogens with one attached hydrogen (secondary N) is 1. The van der Waals surface area contributed by atoms with Crippen LogP contribution in [0.3, 0.4) is 0 Å². The third kappa shape index (κ3) is 3.48. The lowest BCUT2D eigenvalue weighted by Gasteiger charge is -2.21. The summed E-state index contributed by atoms with van der Waals surface area (Å²) in [7, 11) is 0. The van der Waals surface area contributed by atoms with Crippen molar-refractivity contribution < 1.29 is 10.2 Å². The molecule has 0 fully saturated rings. The highest BCUT2D eigenvalue weighted by atomic mass is 16.3. The fraction of sp³-hybridized carbons (Fsp3) is 0.357. The van der Waals surface area contributed by atoms with Crippen LogP contribution < -0.4 is 5.32 Å². The lowest BCUT2D eigenvalue weighted by atomic mass is 10.1. The molecular formula is C14H19N3O2. The molecule has 0 spiro atoms. The summed E-state index contributed by atoms with van der Waals surface area (Å²) in [5, 5.41) is 22.7. The maximum Gasteiger partial charge on any atom is 0.120 e.